The molecule has 1 saturated heterocycles. The molecule has 29 heavy (non-hydrogen) atoms. The number of hydrogen-bond donors (Lipinski definition) is 2. The first kappa shape index (κ1) is 19.6. The van der Waals surface area contributed by atoms with Crippen LogP contribution in [0.15, 0.2) is 48.5 Å². The number of aryl methyl sites for hydroxylation is 1. The summed E-state index contributed by atoms with van der Waals surface area (Å²) in [6.07, 6.45) is 0.188. The molecule has 3 aromatic rings. The standard InChI is InChI=1S/C23H26FN3O2/c1-16-20(21-11-18(24)7-8-22(21)26-16)12-23(28)25-13-19-15-27(9-10-29-19)14-17-5-3-2-4-6-17/h2-8,11,19,26H,9-10,12-15H2,1H3,(H,25,28). The third kappa shape index (κ3) is 4.83. The van der Waals surface area contributed by atoms with Crippen molar-refractivity contribution in [2.75, 3.05) is 26.2 Å². The zero-order valence-corrected chi connectivity index (χ0v) is 16.6. The number of nitrogens with zero attached hydrogens (tertiary/aromatic N) is 1. The molecule has 0 bridgehead atoms. The fraction of sp³-hybridized carbons (Fsp3) is 0.348. The molecule has 1 atom stereocenters. The maximum absolute atomic E-state index is 13.6. The van der Waals surface area contributed by atoms with Crippen LogP contribution < -0.4 is 5.32 Å². The summed E-state index contributed by atoms with van der Waals surface area (Å²) in [6.45, 7) is 5.60. The molecule has 0 aliphatic carbocycles. The van der Waals surface area contributed by atoms with Crippen LogP contribution in [0.1, 0.15) is 16.8 Å². The molecule has 0 saturated carbocycles. The number of carbonyl (C=O) groups is 1. The lowest BCUT2D eigenvalue weighted by molar-refractivity contribution is -0.121. The van der Waals surface area contributed by atoms with Crippen LogP contribution >= 0.6 is 0 Å². The predicted molar refractivity (Wildman–Crippen MR) is 111 cm³/mol. The first-order chi connectivity index (χ1) is 14.1. The van der Waals surface area contributed by atoms with Gasteiger partial charge < -0.3 is 15.0 Å². The van der Waals surface area contributed by atoms with Gasteiger partial charge in [0.05, 0.1) is 19.1 Å². The number of hydrogen-bond acceptors (Lipinski definition) is 3. The van der Waals surface area contributed by atoms with Crippen LogP contribution in [0.25, 0.3) is 10.9 Å². The van der Waals surface area contributed by atoms with Crippen molar-refractivity contribution in [3.63, 3.8) is 0 Å². The first-order valence-corrected chi connectivity index (χ1v) is 10.00. The number of nitrogens with one attached hydrogen (secondary N) is 2. The van der Waals surface area contributed by atoms with Crippen molar-refractivity contribution in [2.24, 2.45) is 0 Å². The number of morpholine rings is 1. The molecule has 2 heterocycles. The molecule has 2 aromatic carbocycles. The van der Waals surface area contributed by atoms with Crippen molar-refractivity contribution in [3.05, 3.63) is 71.2 Å². The van der Waals surface area contributed by atoms with E-state index in [1.54, 1.807) is 6.07 Å². The van der Waals surface area contributed by atoms with Crippen LogP contribution in [-0.2, 0) is 22.5 Å². The number of halogens is 1. The summed E-state index contributed by atoms with van der Waals surface area (Å²) in [5, 5.41) is 3.75. The first-order valence-electron chi connectivity index (χ1n) is 10.00. The number of rotatable bonds is 6. The summed E-state index contributed by atoms with van der Waals surface area (Å²) < 4.78 is 19.4. The van der Waals surface area contributed by atoms with Crippen LogP contribution in [-0.4, -0.2) is 48.1 Å². The fourth-order valence-corrected chi connectivity index (χ4v) is 3.92. The lowest BCUT2D eigenvalue weighted by Gasteiger charge is -2.33. The third-order valence-electron chi connectivity index (χ3n) is 5.42. The molecular weight excluding hydrogens is 369 g/mol. The molecule has 1 fully saturated rings. The highest BCUT2D eigenvalue weighted by atomic mass is 19.1. The van der Waals surface area contributed by atoms with Gasteiger partial charge in [-0.2, -0.15) is 0 Å². The molecule has 4 rings (SSSR count). The molecular formula is C23H26FN3O2. The fourth-order valence-electron chi connectivity index (χ4n) is 3.92. The largest absolute Gasteiger partial charge is 0.374 e. The highest BCUT2D eigenvalue weighted by molar-refractivity contribution is 5.90. The zero-order valence-electron chi connectivity index (χ0n) is 16.6. The monoisotopic (exact) mass is 395 g/mol. The molecule has 0 spiro atoms. The molecule has 1 unspecified atom stereocenters. The Morgan fingerprint density at radius 3 is 2.93 bits per heavy atom. The van der Waals surface area contributed by atoms with Gasteiger partial charge in [0.1, 0.15) is 5.82 Å². The van der Waals surface area contributed by atoms with Crippen LogP contribution in [0.5, 0.6) is 0 Å². The number of amides is 1. The minimum atomic E-state index is -0.299. The van der Waals surface area contributed by atoms with Crippen LogP contribution in [0.3, 0.4) is 0 Å². The van der Waals surface area contributed by atoms with Gasteiger partial charge in [0.25, 0.3) is 0 Å². The molecule has 2 N–H and O–H groups in total. The van der Waals surface area contributed by atoms with E-state index in [-0.39, 0.29) is 24.2 Å². The Bertz CT molecular complexity index is 986. The van der Waals surface area contributed by atoms with Gasteiger partial charge in [0, 0.05) is 42.8 Å². The number of H-pyrrole nitrogens is 1. The topological polar surface area (TPSA) is 57.4 Å². The second-order valence-corrected chi connectivity index (χ2v) is 7.61. The second kappa shape index (κ2) is 8.76. The minimum absolute atomic E-state index is 0.0297. The van der Waals surface area contributed by atoms with Gasteiger partial charge in [-0.3, -0.25) is 9.69 Å². The summed E-state index contributed by atoms with van der Waals surface area (Å²) in [4.78, 5) is 18.1. The molecule has 5 nitrogen and oxygen atoms in total. The highest BCUT2D eigenvalue weighted by Gasteiger charge is 2.21. The zero-order chi connectivity index (χ0) is 20.2. The molecule has 1 aliphatic rings. The van der Waals surface area contributed by atoms with E-state index >= 15 is 0 Å². The van der Waals surface area contributed by atoms with E-state index in [1.807, 2.05) is 25.1 Å². The summed E-state index contributed by atoms with van der Waals surface area (Å²) in [7, 11) is 0. The Kier molecular flexibility index (Phi) is 5.92. The van der Waals surface area contributed by atoms with E-state index in [9.17, 15) is 9.18 Å². The highest BCUT2D eigenvalue weighted by Crippen LogP contribution is 2.23. The number of fused-ring (bicyclic) bond motifs is 1. The Balaban J connectivity index is 1.32. The second-order valence-electron chi connectivity index (χ2n) is 7.61. The van der Waals surface area contributed by atoms with Gasteiger partial charge in [0.15, 0.2) is 0 Å². The van der Waals surface area contributed by atoms with Gasteiger partial charge in [-0.1, -0.05) is 30.3 Å². The van der Waals surface area contributed by atoms with Crippen LogP contribution in [0.2, 0.25) is 0 Å². The molecule has 1 amide bonds. The number of benzene rings is 2. The van der Waals surface area contributed by atoms with Gasteiger partial charge in [-0.25, -0.2) is 4.39 Å². The molecule has 1 aromatic heterocycles. The van der Waals surface area contributed by atoms with Crippen LogP contribution in [0, 0.1) is 12.7 Å². The number of aromatic amines is 1. The molecule has 0 radical (unpaired) electrons. The van der Waals surface area contributed by atoms with Gasteiger partial charge in [-0.05, 0) is 36.2 Å². The van der Waals surface area contributed by atoms with Crippen molar-refractivity contribution in [3.8, 4) is 0 Å². The Morgan fingerprint density at radius 2 is 2.10 bits per heavy atom. The Hall–Kier alpha value is -2.70. The third-order valence-corrected chi connectivity index (χ3v) is 5.42. The van der Waals surface area contributed by atoms with E-state index in [0.29, 0.717) is 13.2 Å². The van der Waals surface area contributed by atoms with Crippen molar-refractivity contribution in [1.82, 2.24) is 15.2 Å². The van der Waals surface area contributed by atoms with E-state index in [4.69, 9.17) is 4.74 Å². The lowest BCUT2D eigenvalue weighted by Crippen LogP contribution is -2.47. The molecule has 152 valence electrons. The summed E-state index contributed by atoms with van der Waals surface area (Å²) in [6, 6.07) is 15.0. The smallest absolute Gasteiger partial charge is 0.224 e. The molecule has 6 heteroatoms. The summed E-state index contributed by atoms with van der Waals surface area (Å²) in [5.41, 5.74) is 3.86. The van der Waals surface area contributed by atoms with Crippen LogP contribution in [0.4, 0.5) is 4.39 Å². The van der Waals surface area contributed by atoms with E-state index in [0.717, 1.165) is 41.8 Å². The number of ether oxygens (including phenoxy) is 1. The van der Waals surface area contributed by atoms with Crippen molar-refractivity contribution in [2.45, 2.75) is 26.0 Å². The average molecular weight is 395 g/mol. The lowest BCUT2D eigenvalue weighted by atomic mass is 10.1. The normalized spacial score (nSPS) is 17.5. The Labute approximate surface area is 169 Å². The SMILES string of the molecule is Cc1[nH]c2ccc(F)cc2c1CC(=O)NCC1CN(Cc2ccccc2)CCO1. The van der Waals surface area contributed by atoms with E-state index in [1.165, 1.54) is 17.7 Å². The summed E-state index contributed by atoms with van der Waals surface area (Å²) in [5.74, 6) is -0.380. The maximum Gasteiger partial charge on any atom is 0.224 e. The number of carbonyl (C=O) groups excluding carboxylic acids is 1. The van der Waals surface area contributed by atoms with Crippen molar-refractivity contribution in [1.29, 1.82) is 0 Å². The molecule has 1 aliphatic heterocycles. The average Bonchev–Trinajstić information content (AvgIpc) is 3.02. The Morgan fingerprint density at radius 1 is 1.28 bits per heavy atom. The van der Waals surface area contributed by atoms with Crippen molar-refractivity contribution >= 4 is 16.8 Å². The quantitative estimate of drug-likeness (QED) is 0.674. The summed E-state index contributed by atoms with van der Waals surface area (Å²) >= 11 is 0. The van der Waals surface area contributed by atoms with Gasteiger partial charge >= 0.3 is 0 Å². The van der Waals surface area contributed by atoms with Crippen molar-refractivity contribution < 1.29 is 13.9 Å². The van der Waals surface area contributed by atoms with Gasteiger partial charge in [-0.15, -0.1) is 0 Å². The maximum atomic E-state index is 13.6. The van der Waals surface area contributed by atoms with E-state index < -0.39 is 0 Å². The van der Waals surface area contributed by atoms with Gasteiger partial charge in [0.2, 0.25) is 5.91 Å². The predicted octanol–water partition coefficient (Wildman–Crippen LogP) is 3.18. The number of aromatic nitrogens is 1. The minimum Gasteiger partial charge on any atom is -0.374 e. The van der Waals surface area contributed by atoms with E-state index in [2.05, 4.69) is 27.3 Å².